The number of hydrogen-bond donors (Lipinski definition) is 1. The zero-order valence-electron chi connectivity index (χ0n) is 14.0. The molecule has 2 amide bonds. The quantitative estimate of drug-likeness (QED) is 0.860. The Labute approximate surface area is 142 Å². The Morgan fingerprint density at radius 3 is 2.38 bits per heavy atom. The first-order valence-electron chi connectivity index (χ1n) is 8.37. The SMILES string of the molecule is CCc1ccc(N2C(=O)C[C@H](N[C@@H](C)c3ccccc3)C2=O)cc1. The molecular formula is C20H22N2O2. The van der Waals surface area contributed by atoms with Crippen LogP contribution in [0.2, 0.25) is 0 Å². The lowest BCUT2D eigenvalue weighted by molar-refractivity contribution is -0.121. The highest BCUT2D eigenvalue weighted by Gasteiger charge is 2.39. The molecule has 0 unspecified atom stereocenters. The summed E-state index contributed by atoms with van der Waals surface area (Å²) in [6.07, 6.45) is 1.13. The Morgan fingerprint density at radius 2 is 1.75 bits per heavy atom. The smallest absolute Gasteiger partial charge is 0.251 e. The van der Waals surface area contributed by atoms with Gasteiger partial charge < -0.3 is 0 Å². The monoisotopic (exact) mass is 322 g/mol. The van der Waals surface area contributed by atoms with Gasteiger partial charge in [0.2, 0.25) is 5.91 Å². The molecule has 0 radical (unpaired) electrons. The minimum Gasteiger partial charge on any atom is -0.299 e. The van der Waals surface area contributed by atoms with Gasteiger partial charge in [-0.15, -0.1) is 0 Å². The number of anilines is 1. The average molecular weight is 322 g/mol. The van der Waals surface area contributed by atoms with Gasteiger partial charge in [-0.25, -0.2) is 4.90 Å². The number of imide groups is 1. The average Bonchev–Trinajstić information content (AvgIpc) is 2.89. The molecule has 2 aromatic carbocycles. The number of nitrogens with zero attached hydrogens (tertiary/aromatic N) is 1. The van der Waals surface area contributed by atoms with E-state index in [0.29, 0.717) is 5.69 Å². The molecule has 2 aromatic rings. The van der Waals surface area contributed by atoms with Gasteiger partial charge in [-0.05, 0) is 36.6 Å². The van der Waals surface area contributed by atoms with Crippen molar-refractivity contribution in [3.05, 3.63) is 65.7 Å². The van der Waals surface area contributed by atoms with Crippen LogP contribution in [0.25, 0.3) is 0 Å². The molecule has 1 N–H and O–H groups in total. The summed E-state index contributed by atoms with van der Waals surface area (Å²) in [4.78, 5) is 26.3. The van der Waals surface area contributed by atoms with Gasteiger partial charge >= 0.3 is 0 Å². The van der Waals surface area contributed by atoms with Gasteiger partial charge in [-0.3, -0.25) is 14.9 Å². The molecule has 0 aliphatic carbocycles. The lowest BCUT2D eigenvalue weighted by Crippen LogP contribution is -2.39. The molecule has 2 atom stereocenters. The van der Waals surface area contributed by atoms with Crippen LogP contribution in [-0.2, 0) is 16.0 Å². The lowest BCUT2D eigenvalue weighted by atomic mass is 10.1. The largest absolute Gasteiger partial charge is 0.299 e. The Morgan fingerprint density at radius 1 is 1.08 bits per heavy atom. The molecule has 24 heavy (non-hydrogen) atoms. The van der Waals surface area contributed by atoms with Crippen LogP contribution >= 0.6 is 0 Å². The Bertz CT molecular complexity index is 725. The van der Waals surface area contributed by atoms with Gasteiger partial charge in [-0.1, -0.05) is 49.4 Å². The van der Waals surface area contributed by atoms with Crippen LogP contribution in [0.5, 0.6) is 0 Å². The molecule has 1 aliphatic rings. The zero-order valence-corrected chi connectivity index (χ0v) is 14.0. The molecule has 1 heterocycles. The van der Waals surface area contributed by atoms with Crippen molar-refractivity contribution in [3.63, 3.8) is 0 Å². The van der Waals surface area contributed by atoms with Gasteiger partial charge in [-0.2, -0.15) is 0 Å². The summed E-state index contributed by atoms with van der Waals surface area (Å²) in [6, 6.07) is 17.1. The van der Waals surface area contributed by atoms with Gasteiger partial charge in [0, 0.05) is 6.04 Å². The van der Waals surface area contributed by atoms with E-state index in [2.05, 4.69) is 12.2 Å². The Hall–Kier alpha value is -2.46. The van der Waals surface area contributed by atoms with Crippen molar-refractivity contribution in [1.29, 1.82) is 0 Å². The first-order valence-corrected chi connectivity index (χ1v) is 8.37. The Balaban J connectivity index is 1.74. The van der Waals surface area contributed by atoms with Gasteiger partial charge in [0.1, 0.15) is 0 Å². The van der Waals surface area contributed by atoms with E-state index in [1.165, 1.54) is 10.5 Å². The maximum Gasteiger partial charge on any atom is 0.251 e. The van der Waals surface area contributed by atoms with Crippen molar-refractivity contribution >= 4 is 17.5 Å². The lowest BCUT2D eigenvalue weighted by Gasteiger charge is -2.19. The third kappa shape index (κ3) is 3.24. The fourth-order valence-corrected chi connectivity index (χ4v) is 3.05. The third-order valence-corrected chi connectivity index (χ3v) is 4.50. The van der Waals surface area contributed by atoms with Crippen LogP contribution in [-0.4, -0.2) is 17.9 Å². The number of benzene rings is 2. The summed E-state index contributed by atoms with van der Waals surface area (Å²) < 4.78 is 0. The number of carbonyl (C=O) groups is 2. The molecule has 4 heteroatoms. The highest BCUT2D eigenvalue weighted by atomic mass is 16.2. The van der Waals surface area contributed by atoms with E-state index in [0.717, 1.165) is 12.0 Å². The predicted octanol–water partition coefficient (Wildman–Crippen LogP) is 3.23. The van der Waals surface area contributed by atoms with E-state index in [1.807, 2.05) is 61.5 Å². The minimum absolute atomic E-state index is 0.00960. The van der Waals surface area contributed by atoms with E-state index in [1.54, 1.807) is 0 Å². The van der Waals surface area contributed by atoms with Crippen LogP contribution in [0.15, 0.2) is 54.6 Å². The van der Waals surface area contributed by atoms with Crippen molar-refractivity contribution in [2.45, 2.75) is 38.8 Å². The summed E-state index contributed by atoms with van der Waals surface area (Å²) in [5, 5.41) is 3.29. The number of hydrogen-bond acceptors (Lipinski definition) is 3. The molecule has 0 bridgehead atoms. The molecule has 4 nitrogen and oxygen atoms in total. The van der Waals surface area contributed by atoms with Crippen molar-refractivity contribution < 1.29 is 9.59 Å². The van der Waals surface area contributed by atoms with Crippen molar-refractivity contribution in [1.82, 2.24) is 5.32 Å². The topological polar surface area (TPSA) is 49.4 Å². The van der Waals surface area contributed by atoms with Crippen LogP contribution in [0, 0.1) is 0 Å². The minimum atomic E-state index is -0.474. The number of aryl methyl sites for hydroxylation is 1. The van der Waals surface area contributed by atoms with Crippen LogP contribution in [0.1, 0.15) is 37.4 Å². The molecule has 1 saturated heterocycles. The maximum absolute atomic E-state index is 12.7. The second kappa shape index (κ2) is 6.97. The summed E-state index contributed by atoms with van der Waals surface area (Å²) in [5.41, 5.74) is 2.94. The molecule has 0 saturated carbocycles. The number of amides is 2. The fraction of sp³-hybridized carbons (Fsp3) is 0.300. The Kier molecular flexibility index (Phi) is 4.76. The van der Waals surface area contributed by atoms with E-state index < -0.39 is 6.04 Å². The van der Waals surface area contributed by atoms with E-state index in [9.17, 15) is 9.59 Å². The number of rotatable bonds is 5. The fourth-order valence-electron chi connectivity index (χ4n) is 3.05. The van der Waals surface area contributed by atoms with E-state index >= 15 is 0 Å². The van der Waals surface area contributed by atoms with Crippen molar-refractivity contribution in [2.75, 3.05) is 4.90 Å². The summed E-state index contributed by atoms with van der Waals surface area (Å²) in [6.45, 7) is 4.08. The summed E-state index contributed by atoms with van der Waals surface area (Å²) in [5.74, 6) is -0.325. The first kappa shape index (κ1) is 16.4. The summed E-state index contributed by atoms with van der Waals surface area (Å²) >= 11 is 0. The maximum atomic E-state index is 12.7. The first-order chi connectivity index (χ1) is 11.6. The van der Waals surface area contributed by atoms with Gasteiger partial charge in [0.25, 0.3) is 5.91 Å². The molecule has 0 aromatic heterocycles. The van der Waals surface area contributed by atoms with Crippen LogP contribution < -0.4 is 10.2 Å². The number of nitrogens with one attached hydrogen (secondary N) is 1. The van der Waals surface area contributed by atoms with Crippen molar-refractivity contribution in [3.8, 4) is 0 Å². The molecule has 1 fully saturated rings. The van der Waals surface area contributed by atoms with Gasteiger partial charge in [0.05, 0.1) is 18.2 Å². The normalized spacial score (nSPS) is 18.9. The molecule has 3 rings (SSSR count). The van der Waals surface area contributed by atoms with Gasteiger partial charge in [0.15, 0.2) is 0 Å². The van der Waals surface area contributed by atoms with Crippen LogP contribution in [0.4, 0.5) is 5.69 Å². The highest BCUT2D eigenvalue weighted by molar-refractivity contribution is 6.22. The molecule has 0 spiro atoms. The third-order valence-electron chi connectivity index (χ3n) is 4.50. The predicted molar refractivity (Wildman–Crippen MR) is 94.7 cm³/mol. The second-order valence-corrected chi connectivity index (χ2v) is 6.14. The molecule has 1 aliphatic heterocycles. The van der Waals surface area contributed by atoms with E-state index in [-0.39, 0.29) is 24.3 Å². The van der Waals surface area contributed by atoms with Crippen molar-refractivity contribution in [2.24, 2.45) is 0 Å². The standard InChI is InChI=1S/C20H22N2O2/c1-3-15-9-11-17(12-10-15)22-19(23)13-18(20(22)24)21-14(2)16-7-5-4-6-8-16/h4-12,14,18,21H,3,13H2,1-2H3/t14-,18-/m0/s1. The van der Waals surface area contributed by atoms with Crippen LogP contribution in [0.3, 0.4) is 0 Å². The van der Waals surface area contributed by atoms with E-state index in [4.69, 9.17) is 0 Å². The summed E-state index contributed by atoms with van der Waals surface area (Å²) in [7, 11) is 0. The zero-order chi connectivity index (χ0) is 17.1. The second-order valence-electron chi connectivity index (χ2n) is 6.14. The number of carbonyl (C=O) groups excluding carboxylic acids is 2. The molecular weight excluding hydrogens is 300 g/mol. The molecule has 124 valence electrons. The highest BCUT2D eigenvalue weighted by Crippen LogP contribution is 2.25.